The molecule has 3 N–H and O–H groups in total. The van der Waals surface area contributed by atoms with E-state index >= 15 is 0 Å². The van der Waals surface area contributed by atoms with Gasteiger partial charge in [-0.1, -0.05) is 35.3 Å². The number of hydrogen-bond donors (Lipinski definition) is 2. The Balaban J connectivity index is 1.84. The first-order valence-electron chi connectivity index (χ1n) is 7.21. The van der Waals surface area contributed by atoms with E-state index in [0.29, 0.717) is 27.1 Å². The van der Waals surface area contributed by atoms with Gasteiger partial charge in [0.05, 0.1) is 21.3 Å². The Kier molecular flexibility index (Phi) is 4.79. The summed E-state index contributed by atoms with van der Waals surface area (Å²) in [5.41, 5.74) is 6.51. The second kappa shape index (κ2) is 7.01. The van der Waals surface area contributed by atoms with Crippen molar-refractivity contribution in [2.24, 2.45) is 5.73 Å². The van der Waals surface area contributed by atoms with Crippen LogP contribution in [0.3, 0.4) is 0 Å². The van der Waals surface area contributed by atoms with Gasteiger partial charge in [-0.25, -0.2) is 0 Å². The van der Waals surface area contributed by atoms with Crippen LogP contribution in [0.5, 0.6) is 0 Å². The van der Waals surface area contributed by atoms with E-state index in [9.17, 15) is 9.59 Å². The molecule has 0 saturated carbocycles. The van der Waals surface area contributed by atoms with Crippen LogP contribution in [0.4, 0.5) is 5.69 Å². The first-order chi connectivity index (χ1) is 12.0. The topological polar surface area (TPSA) is 85.3 Å². The fourth-order valence-corrected chi connectivity index (χ4v) is 2.55. The van der Waals surface area contributed by atoms with Crippen molar-refractivity contribution in [3.8, 4) is 11.3 Å². The molecule has 3 rings (SSSR count). The number of primary amides is 1. The number of anilines is 1. The first kappa shape index (κ1) is 17.1. The lowest BCUT2D eigenvalue weighted by Crippen LogP contribution is -2.17. The molecule has 0 aliphatic rings. The largest absolute Gasteiger partial charge is 0.451 e. The van der Waals surface area contributed by atoms with Gasteiger partial charge in [0, 0.05) is 5.56 Å². The molecule has 126 valence electrons. The average molecular weight is 375 g/mol. The lowest BCUT2D eigenvalue weighted by Gasteiger charge is -2.07. The SMILES string of the molecule is NC(=O)c1ccccc1NC(=O)c1ccc(-c2ccc(Cl)c(Cl)c2)o1. The number of hydrogen-bond acceptors (Lipinski definition) is 3. The van der Waals surface area contributed by atoms with E-state index in [1.807, 2.05) is 0 Å². The monoisotopic (exact) mass is 374 g/mol. The number of halogens is 2. The average Bonchev–Trinajstić information content (AvgIpc) is 3.08. The zero-order chi connectivity index (χ0) is 18.0. The molecule has 0 saturated heterocycles. The van der Waals surface area contributed by atoms with Gasteiger partial charge in [0.25, 0.3) is 11.8 Å². The highest BCUT2D eigenvalue weighted by Crippen LogP contribution is 2.29. The van der Waals surface area contributed by atoms with E-state index in [2.05, 4.69) is 5.32 Å². The third-order valence-corrected chi connectivity index (χ3v) is 4.21. The summed E-state index contributed by atoms with van der Waals surface area (Å²) in [5, 5.41) is 3.43. The van der Waals surface area contributed by atoms with Crippen molar-refractivity contribution in [3.63, 3.8) is 0 Å². The van der Waals surface area contributed by atoms with Gasteiger partial charge in [-0.05, 0) is 42.5 Å². The van der Waals surface area contributed by atoms with Gasteiger partial charge in [-0.2, -0.15) is 0 Å². The molecule has 0 radical (unpaired) electrons. The van der Waals surface area contributed by atoms with Crippen molar-refractivity contribution in [3.05, 3.63) is 76.0 Å². The summed E-state index contributed by atoms with van der Waals surface area (Å²) in [5.74, 6) is -0.584. The number of nitrogens with one attached hydrogen (secondary N) is 1. The van der Waals surface area contributed by atoms with E-state index in [4.69, 9.17) is 33.4 Å². The summed E-state index contributed by atoms with van der Waals surface area (Å²) in [6.07, 6.45) is 0. The maximum Gasteiger partial charge on any atom is 0.291 e. The third-order valence-electron chi connectivity index (χ3n) is 3.47. The summed E-state index contributed by atoms with van der Waals surface area (Å²) in [7, 11) is 0. The predicted octanol–water partition coefficient (Wildman–Crippen LogP) is 4.60. The molecule has 1 heterocycles. The van der Waals surface area contributed by atoms with Crippen LogP contribution >= 0.6 is 23.2 Å². The van der Waals surface area contributed by atoms with Crippen LogP contribution in [0.2, 0.25) is 10.0 Å². The fraction of sp³-hybridized carbons (Fsp3) is 0. The van der Waals surface area contributed by atoms with Crippen LogP contribution < -0.4 is 11.1 Å². The lowest BCUT2D eigenvalue weighted by molar-refractivity contribution is 0.0997. The Labute approximate surface area is 153 Å². The second-order valence-electron chi connectivity index (χ2n) is 5.16. The van der Waals surface area contributed by atoms with Gasteiger partial charge in [-0.3, -0.25) is 9.59 Å². The molecule has 0 bridgehead atoms. The number of amides is 2. The summed E-state index contributed by atoms with van der Waals surface area (Å²) in [6.45, 7) is 0. The van der Waals surface area contributed by atoms with Gasteiger partial charge in [-0.15, -0.1) is 0 Å². The molecule has 3 aromatic rings. The Hall–Kier alpha value is -2.76. The molecule has 0 aliphatic heterocycles. The number of carbonyl (C=O) groups is 2. The van der Waals surface area contributed by atoms with Crippen LogP contribution in [0.1, 0.15) is 20.9 Å². The third kappa shape index (κ3) is 3.68. The van der Waals surface area contributed by atoms with Gasteiger partial charge < -0.3 is 15.5 Å². The molecule has 2 amide bonds. The van der Waals surface area contributed by atoms with E-state index in [1.165, 1.54) is 12.1 Å². The van der Waals surface area contributed by atoms with Crippen molar-refractivity contribution >= 4 is 40.7 Å². The highest BCUT2D eigenvalue weighted by molar-refractivity contribution is 6.42. The molecule has 2 aromatic carbocycles. The second-order valence-corrected chi connectivity index (χ2v) is 5.97. The quantitative estimate of drug-likeness (QED) is 0.699. The zero-order valence-corrected chi connectivity index (χ0v) is 14.3. The van der Waals surface area contributed by atoms with Crippen LogP contribution in [-0.4, -0.2) is 11.8 Å². The summed E-state index contributed by atoms with van der Waals surface area (Å²) in [6, 6.07) is 14.7. The Morgan fingerprint density at radius 2 is 1.72 bits per heavy atom. The molecule has 0 aliphatic carbocycles. The van der Waals surface area contributed by atoms with Crippen molar-refractivity contribution in [2.75, 3.05) is 5.32 Å². The van der Waals surface area contributed by atoms with Gasteiger partial charge in [0.1, 0.15) is 5.76 Å². The highest BCUT2D eigenvalue weighted by atomic mass is 35.5. The molecule has 0 unspecified atom stereocenters. The fourth-order valence-electron chi connectivity index (χ4n) is 2.26. The van der Waals surface area contributed by atoms with E-state index in [-0.39, 0.29) is 11.3 Å². The minimum absolute atomic E-state index is 0.0837. The predicted molar refractivity (Wildman–Crippen MR) is 97.1 cm³/mol. The van der Waals surface area contributed by atoms with Gasteiger partial charge in [0.15, 0.2) is 5.76 Å². The number of furan rings is 1. The van der Waals surface area contributed by atoms with Crippen molar-refractivity contribution < 1.29 is 14.0 Å². The van der Waals surface area contributed by atoms with E-state index in [0.717, 1.165) is 0 Å². The molecule has 25 heavy (non-hydrogen) atoms. The minimum Gasteiger partial charge on any atom is -0.451 e. The van der Waals surface area contributed by atoms with Crippen LogP contribution in [-0.2, 0) is 0 Å². The Morgan fingerprint density at radius 3 is 2.44 bits per heavy atom. The molecule has 5 nitrogen and oxygen atoms in total. The molecule has 0 atom stereocenters. The maximum absolute atomic E-state index is 12.4. The number of para-hydroxylation sites is 1. The Morgan fingerprint density at radius 1 is 0.960 bits per heavy atom. The molecule has 1 aromatic heterocycles. The first-order valence-corrected chi connectivity index (χ1v) is 7.97. The molecular formula is C18H12Cl2N2O3. The lowest BCUT2D eigenvalue weighted by atomic mass is 10.1. The van der Waals surface area contributed by atoms with Gasteiger partial charge in [0.2, 0.25) is 0 Å². The minimum atomic E-state index is -0.633. The number of nitrogens with two attached hydrogens (primary N) is 1. The Bertz CT molecular complexity index is 966. The smallest absolute Gasteiger partial charge is 0.291 e. The normalized spacial score (nSPS) is 10.5. The van der Waals surface area contributed by atoms with Crippen LogP contribution in [0, 0.1) is 0 Å². The molecule has 0 spiro atoms. The molecule has 0 fully saturated rings. The zero-order valence-electron chi connectivity index (χ0n) is 12.8. The van der Waals surface area contributed by atoms with Crippen molar-refractivity contribution in [1.29, 1.82) is 0 Å². The number of carbonyl (C=O) groups excluding carboxylic acids is 2. The molecular weight excluding hydrogens is 363 g/mol. The summed E-state index contributed by atoms with van der Waals surface area (Å²) in [4.78, 5) is 23.8. The van der Waals surface area contributed by atoms with Crippen LogP contribution in [0.15, 0.2) is 59.0 Å². The van der Waals surface area contributed by atoms with Crippen molar-refractivity contribution in [2.45, 2.75) is 0 Å². The standard InChI is InChI=1S/C18H12Cl2N2O3/c19-12-6-5-10(9-13(12)20)15-7-8-16(25-15)18(24)22-14-4-2-1-3-11(14)17(21)23/h1-9H,(H2,21,23)(H,22,24). The van der Waals surface area contributed by atoms with Gasteiger partial charge >= 0.3 is 0 Å². The summed E-state index contributed by atoms with van der Waals surface area (Å²) < 4.78 is 5.57. The highest BCUT2D eigenvalue weighted by Gasteiger charge is 2.16. The van der Waals surface area contributed by atoms with E-state index in [1.54, 1.807) is 42.5 Å². The number of benzene rings is 2. The maximum atomic E-state index is 12.4. The van der Waals surface area contributed by atoms with Crippen molar-refractivity contribution in [1.82, 2.24) is 0 Å². The van der Waals surface area contributed by atoms with E-state index < -0.39 is 11.8 Å². The number of rotatable bonds is 4. The van der Waals surface area contributed by atoms with Crippen LogP contribution in [0.25, 0.3) is 11.3 Å². The molecule has 7 heteroatoms. The summed E-state index contributed by atoms with van der Waals surface area (Å²) >= 11 is 11.9.